The largest absolute Gasteiger partial charge is 0.321 e. The SMILES string of the molecule is O=C(Nc1ccccc1C(=O)N/N=C\c1cccc(Br)c1)c1ccc(F)cc1. The third kappa shape index (κ3) is 5.11. The van der Waals surface area contributed by atoms with Gasteiger partial charge in [-0.05, 0) is 54.1 Å². The van der Waals surface area contributed by atoms with Crippen LogP contribution >= 0.6 is 15.9 Å². The zero-order chi connectivity index (χ0) is 19.9. The van der Waals surface area contributed by atoms with Crippen molar-refractivity contribution in [1.29, 1.82) is 0 Å². The van der Waals surface area contributed by atoms with E-state index in [-0.39, 0.29) is 11.1 Å². The van der Waals surface area contributed by atoms with Crippen molar-refractivity contribution in [3.05, 3.63) is 99.8 Å². The second kappa shape index (κ2) is 9.05. The molecule has 140 valence electrons. The number of amides is 2. The van der Waals surface area contributed by atoms with Gasteiger partial charge in [0.05, 0.1) is 17.5 Å². The predicted octanol–water partition coefficient (Wildman–Crippen LogP) is 4.60. The molecular weight excluding hydrogens is 425 g/mol. The summed E-state index contributed by atoms with van der Waals surface area (Å²) in [6.07, 6.45) is 1.52. The summed E-state index contributed by atoms with van der Waals surface area (Å²) in [5, 5.41) is 6.61. The average Bonchev–Trinajstić information content (AvgIpc) is 2.69. The molecule has 0 aromatic heterocycles. The van der Waals surface area contributed by atoms with E-state index >= 15 is 0 Å². The summed E-state index contributed by atoms with van der Waals surface area (Å²) in [4.78, 5) is 24.8. The Hall–Kier alpha value is -3.32. The van der Waals surface area contributed by atoms with E-state index in [1.807, 2.05) is 24.3 Å². The Labute approximate surface area is 169 Å². The maximum Gasteiger partial charge on any atom is 0.273 e. The zero-order valence-corrected chi connectivity index (χ0v) is 16.1. The molecule has 3 aromatic rings. The molecule has 5 nitrogen and oxygen atoms in total. The molecule has 0 unspecified atom stereocenters. The summed E-state index contributed by atoms with van der Waals surface area (Å²) in [7, 11) is 0. The number of nitrogens with zero attached hydrogens (tertiary/aromatic N) is 1. The Kier molecular flexibility index (Phi) is 6.29. The van der Waals surface area contributed by atoms with Gasteiger partial charge in [-0.2, -0.15) is 5.10 Å². The smallest absolute Gasteiger partial charge is 0.273 e. The molecule has 0 heterocycles. The van der Waals surface area contributed by atoms with Crippen LogP contribution in [0.25, 0.3) is 0 Å². The predicted molar refractivity (Wildman–Crippen MR) is 110 cm³/mol. The molecule has 0 aliphatic heterocycles. The molecule has 0 atom stereocenters. The number of benzene rings is 3. The van der Waals surface area contributed by atoms with Crippen LogP contribution < -0.4 is 10.7 Å². The summed E-state index contributed by atoms with van der Waals surface area (Å²) in [6, 6.07) is 19.1. The van der Waals surface area contributed by atoms with E-state index in [0.717, 1.165) is 10.0 Å². The van der Waals surface area contributed by atoms with Gasteiger partial charge in [-0.3, -0.25) is 9.59 Å². The van der Waals surface area contributed by atoms with Crippen LogP contribution in [0.15, 0.2) is 82.4 Å². The van der Waals surface area contributed by atoms with Crippen LogP contribution in [0.3, 0.4) is 0 Å². The second-order valence-electron chi connectivity index (χ2n) is 5.76. The third-order valence-electron chi connectivity index (χ3n) is 3.75. The van der Waals surface area contributed by atoms with Crippen LogP contribution in [0.4, 0.5) is 10.1 Å². The minimum Gasteiger partial charge on any atom is -0.321 e. The molecule has 0 radical (unpaired) electrons. The minimum atomic E-state index is -0.471. The Morgan fingerprint density at radius 1 is 0.929 bits per heavy atom. The van der Waals surface area contributed by atoms with E-state index in [0.29, 0.717) is 5.69 Å². The topological polar surface area (TPSA) is 70.6 Å². The Morgan fingerprint density at radius 3 is 2.43 bits per heavy atom. The highest BCUT2D eigenvalue weighted by atomic mass is 79.9. The number of carbonyl (C=O) groups is 2. The van der Waals surface area contributed by atoms with Crippen molar-refractivity contribution in [2.45, 2.75) is 0 Å². The second-order valence-corrected chi connectivity index (χ2v) is 6.68. The van der Waals surface area contributed by atoms with Gasteiger partial charge in [0.25, 0.3) is 11.8 Å². The van der Waals surface area contributed by atoms with Crippen LogP contribution in [-0.2, 0) is 0 Å². The van der Waals surface area contributed by atoms with Gasteiger partial charge in [-0.15, -0.1) is 0 Å². The van der Waals surface area contributed by atoms with E-state index in [4.69, 9.17) is 0 Å². The highest BCUT2D eigenvalue weighted by molar-refractivity contribution is 9.10. The van der Waals surface area contributed by atoms with Crippen LogP contribution in [0.5, 0.6) is 0 Å². The van der Waals surface area contributed by atoms with Crippen molar-refractivity contribution < 1.29 is 14.0 Å². The molecule has 0 saturated carbocycles. The number of hydrazone groups is 1. The highest BCUT2D eigenvalue weighted by Crippen LogP contribution is 2.16. The fraction of sp³-hybridized carbons (Fsp3) is 0. The molecular formula is C21H15BrFN3O2. The monoisotopic (exact) mass is 439 g/mol. The van der Waals surface area contributed by atoms with Crippen LogP contribution in [-0.4, -0.2) is 18.0 Å². The zero-order valence-electron chi connectivity index (χ0n) is 14.5. The summed E-state index contributed by atoms with van der Waals surface area (Å²) >= 11 is 3.37. The van der Waals surface area contributed by atoms with Crippen molar-refractivity contribution in [2.75, 3.05) is 5.32 Å². The lowest BCUT2D eigenvalue weighted by atomic mass is 10.1. The quantitative estimate of drug-likeness (QED) is 0.450. The number of carbonyl (C=O) groups excluding carboxylic acids is 2. The van der Waals surface area contributed by atoms with Gasteiger partial charge < -0.3 is 5.32 Å². The first-order valence-corrected chi connectivity index (χ1v) is 9.07. The van der Waals surface area contributed by atoms with E-state index < -0.39 is 17.6 Å². The lowest BCUT2D eigenvalue weighted by molar-refractivity contribution is 0.0956. The lowest BCUT2D eigenvalue weighted by Gasteiger charge is -2.10. The summed E-state index contributed by atoms with van der Waals surface area (Å²) in [5.41, 5.74) is 4.12. The van der Waals surface area contributed by atoms with Crippen molar-refractivity contribution in [3.8, 4) is 0 Å². The van der Waals surface area contributed by atoms with Gasteiger partial charge >= 0.3 is 0 Å². The number of hydrogen-bond donors (Lipinski definition) is 2. The maximum atomic E-state index is 13.0. The maximum absolute atomic E-state index is 13.0. The van der Waals surface area contributed by atoms with Gasteiger partial charge in [0.1, 0.15) is 5.82 Å². The van der Waals surface area contributed by atoms with Crippen molar-refractivity contribution in [3.63, 3.8) is 0 Å². The van der Waals surface area contributed by atoms with Crippen LogP contribution in [0.2, 0.25) is 0 Å². The molecule has 7 heteroatoms. The summed E-state index contributed by atoms with van der Waals surface area (Å²) in [5.74, 6) is -1.35. The van der Waals surface area contributed by atoms with Gasteiger partial charge in [-0.25, -0.2) is 9.82 Å². The highest BCUT2D eigenvalue weighted by Gasteiger charge is 2.13. The molecule has 2 amide bonds. The number of nitrogens with one attached hydrogen (secondary N) is 2. The minimum absolute atomic E-state index is 0.254. The summed E-state index contributed by atoms with van der Waals surface area (Å²) < 4.78 is 13.9. The molecule has 0 bridgehead atoms. The van der Waals surface area contributed by atoms with E-state index in [1.165, 1.54) is 30.5 Å². The first kappa shape index (κ1) is 19.4. The fourth-order valence-corrected chi connectivity index (χ4v) is 2.82. The van der Waals surface area contributed by atoms with Crippen LogP contribution in [0.1, 0.15) is 26.3 Å². The number of halogens is 2. The third-order valence-corrected chi connectivity index (χ3v) is 4.25. The molecule has 2 N–H and O–H groups in total. The molecule has 3 rings (SSSR count). The standard InChI is InChI=1S/C21H15BrFN3O2/c22-16-5-3-4-14(12-16)13-24-26-21(28)18-6-1-2-7-19(18)25-20(27)15-8-10-17(23)11-9-15/h1-13H,(H,25,27)(H,26,28)/b24-13-. The molecule has 0 spiro atoms. The molecule has 28 heavy (non-hydrogen) atoms. The number of anilines is 1. The van der Waals surface area contributed by atoms with Gasteiger partial charge in [-0.1, -0.05) is 40.2 Å². The fourth-order valence-electron chi connectivity index (χ4n) is 2.40. The lowest BCUT2D eigenvalue weighted by Crippen LogP contribution is -2.21. The molecule has 0 aliphatic carbocycles. The molecule has 0 fully saturated rings. The molecule has 0 saturated heterocycles. The van der Waals surface area contributed by atoms with Crippen molar-refractivity contribution in [1.82, 2.24) is 5.43 Å². The average molecular weight is 440 g/mol. The van der Waals surface area contributed by atoms with Gasteiger partial charge in [0.2, 0.25) is 0 Å². The van der Waals surface area contributed by atoms with Crippen molar-refractivity contribution in [2.24, 2.45) is 5.10 Å². The Balaban J connectivity index is 1.71. The number of para-hydroxylation sites is 1. The van der Waals surface area contributed by atoms with Crippen LogP contribution in [0, 0.1) is 5.82 Å². The van der Waals surface area contributed by atoms with E-state index in [1.54, 1.807) is 24.3 Å². The first-order chi connectivity index (χ1) is 13.5. The number of hydrogen-bond acceptors (Lipinski definition) is 3. The number of rotatable bonds is 5. The molecule has 3 aromatic carbocycles. The first-order valence-electron chi connectivity index (χ1n) is 8.28. The van der Waals surface area contributed by atoms with Gasteiger partial charge in [0, 0.05) is 10.0 Å². The van der Waals surface area contributed by atoms with E-state index in [2.05, 4.69) is 31.8 Å². The normalized spacial score (nSPS) is 10.6. The van der Waals surface area contributed by atoms with Crippen molar-refractivity contribution >= 4 is 39.6 Å². The van der Waals surface area contributed by atoms with Gasteiger partial charge in [0.15, 0.2) is 0 Å². The molecule has 0 aliphatic rings. The summed E-state index contributed by atoms with van der Waals surface area (Å²) in [6.45, 7) is 0. The van der Waals surface area contributed by atoms with E-state index in [9.17, 15) is 14.0 Å². The Bertz CT molecular complexity index is 1040. The Morgan fingerprint density at radius 2 is 1.68 bits per heavy atom.